The number of halogens is 2. The van der Waals surface area contributed by atoms with Crippen LogP contribution < -0.4 is 5.73 Å². The lowest BCUT2D eigenvalue weighted by Crippen LogP contribution is -2.34. The normalized spacial score (nSPS) is 12.2. The molecule has 1 unspecified atom stereocenters. The van der Waals surface area contributed by atoms with Gasteiger partial charge in [0.05, 0.1) is 6.04 Å². The van der Waals surface area contributed by atoms with Crippen molar-refractivity contribution in [3.05, 3.63) is 70.5 Å². The van der Waals surface area contributed by atoms with E-state index in [-0.39, 0.29) is 12.2 Å². The molecule has 0 spiro atoms. The topological polar surface area (TPSA) is 43.1 Å². The van der Waals surface area contributed by atoms with Gasteiger partial charge in [-0.1, -0.05) is 48.0 Å². The van der Waals surface area contributed by atoms with Crippen molar-refractivity contribution in [2.24, 2.45) is 5.73 Å². The lowest BCUT2D eigenvalue weighted by atomic mass is 9.98. The van der Waals surface area contributed by atoms with Crippen LogP contribution in [0, 0.1) is 5.82 Å². The van der Waals surface area contributed by atoms with Gasteiger partial charge >= 0.3 is 0 Å². The molecule has 1 atom stereocenters. The van der Waals surface area contributed by atoms with Gasteiger partial charge in [-0.3, -0.25) is 4.79 Å². The van der Waals surface area contributed by atoms with Crippen molar-refractivity contribution >= 4 is 17.4 Å². The number of carbonyl (C=O) groups excluding carboxylic acids is 1. The Morgan fingerprint density at radius 1 is 1.20 bits per heavy atom. The van der Waals surface area contributed by atoms with Crippen LogP contribution in [-0.2, 0) is 17.6 Å². The molecule has 0 fully saturated rings. The highest BCUT2D eigenvalue weighted by Gasteiger charge is 2.16. The van der Waals surface area contributed by atoms with Crippen LogP contribution in [0.1, 0.15) is 11.1 Å². The highest BCUT2D eigenvalue weighted by atomic mass is 35.5. The predicted octanol–water partition coefficient (Wildman–Crippen LogP) is 3.16. The molecular formula is C16H15ClFNO. The molecule has 0 aliphatic heterocycles. The molecule has 0 amide bonds. The molecule has 2 nitrogen and oxygen atoms in total. The van der Waals surface area contributed by atoms with Gasteiger partial charge in [0, 0.05) is 11.4 Å². The van der Waals surface area contributed by atoms with E-state index in [1.165, 1.54) is 12.1 Å². The highest BCUT2D eigenvalue weighted by molar-refractivity contribution is 6.30. The lowest BCUT2D eigenvalue weighted by Gasteiger charge is -2.11. The summed E-state index contributed by atoms with van der Waals surface area (Å²) in [5.74, 6) is -0.659. The van der Waals surface area contributed by atoms with E-state index < -0.39 is 11.9 Å². The molecule has 4 heteroatoms. The summed E-state index contributed by atoms with van der Waals surface area (Å²) in [6.07, 6.45) is 0.436. The van der Waals surface area contributed by atoms with Gasteiger partial charge in [0.2, 0.25) is 0 Å². The second-order valence-corrected chi connectivity index (χ2v) is 5.11. The Bertz CT molecular complexity index is 601. The standard InChI is InChI=1S/C16H15ClFNO/c17-13-7-6-12(14(18)10-13)9-16(20)15(19)8-11-4-2-1-3-5-11/h1-7,10,15H,8-9,19H2. The van der Waals surface area contributed by atoms with E-state index in [4.69, 9.17) is 17.3 Å². The first kappa shape index (κ1) is 14.7. The number of nitrogens with two attached hydrogens (primary N) is 1. The minimum absolute atomic E-state index is 0.0169. The number of Topliss-reactive ketones (excluding diaryl/α,β-unsaturated/α-hetero) is 1. The Kier molecular flexibility index (Phi) is 4.88. The monoisotopic (exact) mass is 291 g/mol. The Labute approximate surface area is 122 Å². The molecule has 0 saturated carbocycles. The molecule has 0 radical (unpaired) electrons. The first-order chi connectivity index (χ1) is 9.56. The van der Waals surface area contributed by atoms with Gasteiger partial charge in [0.15, 0.2) is 5.78 Å². The summed E-state index contributed by atoms with van der Waals surface area (Å²) in [6, 6.07) is 13.2. The van der Waals surface area contributed by atoms with Gasteiger partial charge in [-0.05, 0) is 29.7 Å². The van der Waals surface area contributed by atoms with Crippen LogP contribution in [0.5, 0.6) is 0 Å². The minimum atomic E-state index is -0.632. The summed E-state index contributed by atoms with van der Waals surface area (Å²) in [5.41, 5.74) is 7.19. The van der Waals surface area contributed by atoms with Crippen LogP contribution in [0.25, 0.3) is 0 Å². The quantitative estimate of drug-likeness (QED) is 0.919. The third-order valence-electron chi connectivity index (χ3n) is 3.09. The second-order valence-electron chi connectivity index (χ2n) is 4.68. The maximum absolute atomic E-state index is 13.6. The molecule has 2 N–H and O–H groups in total. The molecule has 0 heterocycles. The number of ketones is 1. The number of benzene rings is 2. The van der Waals surface area contributed by atoms with E-state index in [0.717, 1.165) is 5.56 Å². The van der Waals surface area contributed by atoms with E-state index >= 15 is 0 Å². The lowest BCUT2D eigenvalue weighted by molar-refractivity contribution is -0.119. The number of hydrogen-bond donors (Lipinski definition) is 1. The SMILES string of the molecule is NC(Cc1ccccc1)C(=O)Cc1ccc(Cl)cc1F. The average Bonchev–Trinajstić information content (AvgIpc) is 2.43. The minimum Gasteiger partial charge on any atom is -0.321 e. The number of hydrogen-bond acceptors (Lipinski definition) is 2. The zero-order chi connectivity index (χ0) is 14.5. The first-order valence-electron chi connectivity index (χ1n) is 6.32. The number of carbonyl (C=O) groups is 1. The summed E-state index contributed by atoms with van der Waals surface area (Å²) < 4.78 is 13.6. The molecule has 20 heavy (non-hydrogen) atoms. The van der Waals surface area contributed by atoms with Crippen LogP contribution in [0.2, 0.25) is 5.02 Å². The van der Waals surface area contributed by atoms with Crippen LogP contribution in [0.3, 0.4) is 0 Å². The first-order valence-corrected chi connectivity index (χ1v) is 6.70. The second kappa shape index (κ2) is 6.64. The summed E-state index contributed by atoms with van der Waals surface area (Å²) in [6.45, 7) is 0. The van der Waals surface area contributed by atoms with Crippen molar-refractivity contribution in [3.63, 3.8) is 0 Å². The Morgan fingerprint density at radius 2 is 1.90 bits per heavy atom. The fraction of sp³-hybridized carbons (Fsp3) is 0.188. The molecule has 0 aliphatic rings. The van der Waals surface area contributed by atoms with Crippen LogP contribution in [0.15, 0.2) is 48.5 Å². The molecule has 2 aromatic carbocycles. The summed E-state index contributed by atoms with van der Waals surface area (Å²) >= 11 is 5.67. The van der Waals surface area contributed by atoms with Gasteiger partial charge in [0.25, 0.3) is 0 Å². The average molecular weight is 292 g/mol. The molecule has 0 aromatic heterocycles. The Hall–Kier alpha value is -1.71. The molecular weight excluding hydrogens is 277 g/mol. The fourth-order valence-electron chi connectivity index (χ4n) is 1.97. The van der Waals surface area contributed by atoms with E-state index in [2.05, 4.69) is 0 Å². The van der Waals surface area contributed by atoms with Crippen molar-refractivity contribution in [3.8, 4) is 0 Å². The van der Waals surface area contributed by atoms with E-state index in [9.17, 15) is 9.18 Å². The molecule has 0 bridgehead atoms. The zero-order valence-corrected chi connectivity index (χ0v) is 11.6. The van der Waals surface area contributed by atoms with Gasteiger partial charge in [-0.15, -0.1) is 0 Å². The molecule has 2 aromatic rings. The van der Waals surface area contributed by atoms with Crippen LogP contribution in [0.4, 0.5) is 4.39 Å². The Balaban J connectivity index is 2.01. The van der Waals surface area contributed by atoms with Gasteiger partial charge < -0.3 is 5.73 Å². The van der Waals surface area contributed by atoms with Crippen molar-refractivity contribution in [1.29, 1.82) is 0 Å². The molecule has 2 rings (SSSR count). The maximum Gasteiger partial charge on any atom is 0.154 e. The number of rotatable bonds is 5. The summed E-state index contributed by atoms with van der Waals surface area (Å²) in [4.78, 5) is 12.0. The van der Waals surface area contributed by atoms with Gasteiger partial charge in [-0.25, -0.2) is 4.39 Å². The largest absolute Gasteiger partial charge is 0.321 e. The van der Waals surface area contributed by atoms with Crippen LogP contribution in [-0.4, -0.2) is 11.8 Å². The van der Waals surface area contributed by atoms with Gasteiger partial charge in [-0.2, -0.15) is 0 Å². The molecule has 0 aliphatic carbocycles. The van der Waals surface area contributed by atoms with Crippen molar-refractivity contribution in [2.75, 3.05) is 0 Å². The Morgan fingerprint density at radius 3 is 2.55 bits per heavy atom. The fourth-order valence-corrected chi connectivity index (χ4v) is 2.12. The van der Waals surface area contributed by atoms with E-state index in [0.29, 0.717) is 17.0 Å². The third-order valence-corrected chi connectivity index (χ3v) is 3.33. The van der Waals surface area contributed by atoms with Crippen molar-refractivity contribution < 1.29 is 9.18 Å². The summed E-state index contributed by atoms with van der Waals surface area (Å²) in [7, 11) is 0. The van der Waals surface area contributed by atoms with Crippen molar-refractivity contribution in [1.82, 2.24) is 0 Å². The van der Waals surface area contributed by atoms with Gasteiger partial charge in [0.1, 0.15) is 5.82 Å². The molecule has 0 saturated heterocycles. The maximum atomic E-state index is 13.6. The highest BCUT2D eigenvalue weighted by Crippen LogP contribution is 2.16. The van der Waals surface area contributed by atoms with Crippen molar-refractivity contribution in [2.45, 2.75) is 18.9 Å². The third kappa shape index (κ3) is 3.89. The summed E-state index contributed by atoms with van der Waals surface area (Å²) in [5, 5.41) is 0.312. The van der Waals surface area contributed by atoms with E-state index in [1.807, 2.05) is 30.3 Å². The van der Waals surface area contributed by atoms with E-state index in [1.54, 1.807) is 6.07 Å². The molecule has 104 valence electrons. The van der Waals surface area contributed by atoms with Crippen LogP contribution >= 0.6 is 11.6 Å². The zero-order valence-electron chi connectivity index (χ0n) is 10.9. The smallest absolute Gasteiger partial charge is 0.154 e. The predicted molar refractivity (Wildman–Crippen MR) is 78.2 cm³/mol.